The van der Waals surface area contributed by atoms with Crippen molar-refractivity contribution in [2.24, 2.45) is 10.9 Å². The van der Waals surface area contributed by atoms with Gasteiger partial charge in [0.2, 0.25) is 0 Å². The highest BCUT2D eigenvalue weighted by Gasteiger charge is 2.22. The third kappa shape index (κ3) is 5.14. The summed E-state index contributed by atoms with van der Waals surface area (Å²) < 4.78 is 2.08. The number of halogens is 1. The van der Waals surface area contributed by atoms with Crippen LogP contribution in [0.1, 0.15) is 51.4 Å². The van der Waals surface area contributed by atoms with Crippen LogP contribution >= 0.6 is 24.0 Å². The van der Waals surface area contributed by atoms with Gasteiger partial charge in [-0.15, -0.1) is 24.0 Å². The summed E-state index contributed by atoms with van der Waals surface area (Å²) in [6.07, 6.45) is 5.43. The molecule has 0 aliphatic heterocycles. The smallest absolute Gasteiger partial charge is 0.191 e. The van der Waals surface area contributed by atoms with E-state index in [1.165, 1.54) is 11.3 Å². The largest absolute Gasteiger partial charge is 0.356 e. The summed E-state index contributed by atoms with van der Waals surface area (Å²) in [6, 6.07) is 0.855. The summed E-state index contributed by atoms with van der Waals surface area (Å²) in [6.45, 7) is 9.69. The minimum absolute atomic E-state index is 0. The Morgan fingerprint density at radius 2 is 2.14 bits per heavy atom. The van der Waals surface area contributed by atoms with E-state index < -0.39 is 0 Å². The number of fused-ring (bicyclic) bond motifs is 1. The van der Waals surface area contributed by atoms with Gasteiger partial charge in [0.1, 0.15) is 0 Å². The molecule has 0 fully saturated rings. The van der Waals surface area contributed by atoms with Crippen molar-refractivity contribution >= 4 is 29.9 Å². The van der Waals surface area contributed by atoms with Gasteiger partial charge in [-0.25, -0.2) is 0 Å². The van der Waals surface area contributed by atoms with Crippen molar-refractivity contribution in [1.29, 1.82) is 0 Å². The Morgan fingerprint density at radius 1 is 1.41 bits per heavy atom. The van der Waals surface area contributed by atoms with Crippen LogP contribution in [0.4, 0.5) is 0 Å². The molecule has 0 bridgehead atoms. The third-order valence-corrected chi connectivity index (χ3v) is 3.87. The summed E-state index contributed by atoms with van der Waals surface area (Å²) in [7, 11) is 1.83. The van der Waals surface area contributed by atoms with E-state index in [4.69, 9.17) is 5.10 Å². The van der Waals surface area contributed by atoms with Crippen molar-refractivity contribution < 1.29 is 0 Å². The normalized spacial score (nSPS) is 18.1. The van der Waals surface area contributed by atoms with Gasteiger partial charge in [0.15, 0.2) is 5.96 Å². The molecule has 0 saturated carbocycles. The van der Waals surface area contributed by atoms with Gasteiger partial charge < -0.3 is 10.6 Å². The van der Waals surface area contributed by atoms with Crippen molar-refractivity contribution in [3.05, 3.63) is 17.5 Å². The molecule has 1 aromatic rings. The summed E-state index contributed by atoms with van der Waals surface area (Å²) >= 11 is 0. The maximum absolute atomic E-state index is 4.72. The van der Waals surface area contributed by atoms with Crippen molar-refractivity contribution in [2.45, 2.75) is 59.0 Å². The molecule has 6 heteroatoms. The maximum atomic E-state index is 4.72. The third-order valence-electron chi connectivity index (χ3n) is 3.87. The van der Waals surface area contributed by atoms with Crippen LogP contribution in [0.3, 0.4) is 0 Å². The Balaban J connectivity index is 0.00000242. The van der Waals surface area contributed by atoms with Crippen LogP contribution in [-0.2, 0) is 12.8 Å². The lowest BCUT2D eigenvalue weighted by Crippen LogP contribution is -2.46. The summed E-state index contributed by atoms with van der Waals surface area (Å²) in [4.78, 5) is 4.31. The first kappa shape index (κ1) is 19.3. The second kappa shape index (κ2) is 8.74. The lowest BCUT2D eigenvalue weighted by atomic mass is 9.94. The fourth-order valence-corrected chi connectivity index (χ4v) is 2.59. The Hall–Kier alpha value is -0.790. The highest BCUT2D eigenvalue weighted by atomic mass is 127. The molecule has 1 aromatic heterocycles. The van der Waals surface area contributed by atoms with E-state index in [9.17, 15) is 0 Å². The molecule has 1 heterocycles. The molecule has 1 aliphatic rings. The quantitative estimate of drug-likeness (QED) is 0.449. The van der Waals surface area contributed by atoms with Gasteiger partial charge in [0, 0.05) is 38.3 Å². The van der Waals surface area contributed by atoms with Crippen LogP contribution in [0.15, 0.2) is 11.2 Å². The van der Waals surface area contributed by atoms with Gasteiger partial charge in [-0.05, 0) is 38.2 Å². The van der Waals surface area contributed by atoms with E-state index in [2.05, 4.69) is 54.2 Å². The van der Waals surface area contributed by atoms with Gasteiger partial charge in [-0.3, -0.25) is 9.67 Å². The molecule has 0 spiro atoms. The molecule has 1 aliphatic carbocycles. The Labute approximate surface area is 151 Å². The van der Waals surface area contributed by atoms with E-state index in [-0.39, 0.29) is 24.0 Å². The monoisotopic (exact) mass is 419 g/mol. The molecule has 0 radical (unpaired) electrons. The van der Waals surface area contributed by atoms with Crippen LogP contribution < -0.4 is 10.6 Å². The average Bonchev–Trinajstić information content (AvgIpc) is 2.86. The number of rotatable bonds is 4. The first-order valence-corrected chi connectivity index (χ1v) is 8.03. The van der Waals surface area contributed by atoms with Crippen LogP contribution in [0.25, 0.3) is 0 Å². The SMILES string of the molecule is CN=C(NCC(C)C)NC1CCc2cn(C(C)C)nc2C1.I. The molecule has 0 saturated heterocycles. The number of aryl methyl sites for hydroxylation is 1. The highest BCUT2D eigenvalue weighted by Crippen LogP contribution is 2.21. The molecule has 1 atom stereocenters. The highest BCUT2D eigenvalue weighted by molar-refractivity contribution is 14.0. The van der Waals surface area contributed by atoms with Crippen molar-refractivity contribution in [1.82, 2.24) is 20.4 Å². The van der Waals surface area contributed by atoms with Crippen LogP contribution in [-0.4, -0.2) is 35.4 Å². The summed E-state index contributed by atoms with van der Waals surface area (Å²) in [5.41, 5.74) is 2.65. The first-order chi connectivity index (χ1) is 9.99. The molecule has 0 aromatic carbocycles. The fourth-order valence-electron chi connectivity index (χ4n) is 2.59. The van der Waals surface area contributed by atoms with Gasteiger partial charge in [0.25, 0.3) is 0 Å². The van der Waals surface area contributed by atoms with E-state index >= 15 is 0 Å². The molecule has 1 unspecified atom stereocenters. The second-order valence-electron chi connectivity index (χ2n) is 6.61. The van der Waals surface area contributed by atoms with E-state index in [0.29, 0.717) is 18.0 Å². The standard InChI is InChI=1S/C16H29N5.HI/c1-11(2)9-18-16(17-5)19-14-7-6-13-10-21(12(3)4)20-15(13)8-14;/h10-12,14H,6-9H2,1-5H3,(H2,17,18,19);1H. The van der Waals surface area contributed by atoms with E-state index in [1.807, 2.05) is 7.05 Å². The predicted octanol–water partition coefficient (Wildman–Crippen LogP) is 2.76. The zero-order chi connectivity index (χ0) is 15.4. The molecule has 0 amide bonds. The van der Waals surface area contributed by atoms with Gasteiger partial charge in [0.05, 0.1) is 5.69 Å². The van der Waals surface area contributed by atoms with Crippen LogP contribution in [0.2, 0.25) is 0 Å². The van der Waals surface area contributed by atoms with Crippen molar-refractivity contribution in [2.75, 3.05) is 13.6 Å². The van der Waals surface area contributed by atoms with Crippen LogP contribution in [0, 0.1) is 5.92 Å². The number of hydrogen-bond acceptors (Lipinski definition) is 2. The topological polar surface area (TPSA) is 54.2 Å². The number of aromatic nitrogens is 2. The molecule has 5 nitrogen and oxygen atoms in total. The zero-order valence-corrected chi connectivity index (χ0v) is 16.7. The Kier molecular flexibility index (Phi) is 7.65. The van der Waals surface area contributed by atoms with E-state index in [1.54, 1.807) is 0 Å². The molecular formula is C16H30IN5. The van der Waals surface area contributed by atoms with Gasteiger partial charge in [-0.2, -0.15) is 5.10 Å². The van der Waals surface area contributed by atoms with Crippen molar-refractivity contribution in [3.8, 4) is 0 Å². The Bertz CT molecular complexity index is 493. The maximum Gasteiger partial charge on any atom is 0.191 e. The molecule has 126 valence electrons. The zero-order valence-electron chi connectivity index (χ0n) is 14.4. The number of guanidine groups is 1. The summed E-state index contributed by atoms with van der Waals surface area (Å²) in [5.74, 6) is 1.52. The summed E-state index contributed by atoms with van der Waals surface area (Å²) in [5, 5.41) is 11.6. The number of nitrogens with zero attached hydrogens (tertiary/aromatic N) is 3. The van der Waals surface area contributed by atoms with Crippen LogP contribution in [0.5, 0.6) is 0 Å². The number of hydrogen-bond donors (Lipinski definition) is 2. The second-order valence-corrected chi connectivity index (χ2v) is 6.61. The minimum atomic E-state index is 0. The van der Waals surface area contributed by atoms with Gasteiger partial charge >= 0.3 is 0 Å². The number of nitrogens with one attached hydrogen (secondary N) is 2. The molecule has 22 heavy (non-hydrogen) atoms. The van der Waals surface area contributed by atoms with Crippen molar-refractivity contribution in [3.63, 3.8) is 0 Å². The van der Waals surface area contributed by atoms with Gasteiger partial charge in [-0.1, -0.05) is 13.8 Å². The molecule has 2 N–H and O–H groups in total. The predicted molar refractivity (Wildman–Crippen MR) is 103 cm³/mol. The first-order valence-electron chi connectivity index (χ1n) is 8.03. The molecular weight excluding hydrogens is 389 g/mol. The van der Waals surface area contributed by atoms with E-state index in [0.717, 1.165) is 31.8 Å². The molecule has 2 rings (SSSR count). The minimum Gasteiger partial charge on any atom is -0.356 e. The Morgan fingerprint density at radius 3 is 2.73 bits per heavy atom. The average molecular weight is 419 g/mol. The fraction of sp³-hybridized carbons (Fsp3) is 0.750. The number of aliphatic imine (C=N–C) groups is 1. The lowest BCUT2D eigenvalue weighted by Gasteiger charge is -2.24. The lowest BCUT2D eigenvalue weighted by molar-refractivity contribution is 0.497.